The van der Waals surface area contributed by atoms with Crippen molar-refractivity contribution in [2.75, 3.05) is 20.5 Å². The SMILES string of the molecule is CC(C(=O)c1ccc2c(c1)OCO2)N(C)CNC(=O)C(N)CCC(=O)O. The maximum absolute atomic E-state index is 12.6. The third kappa shape index (κ3) is 4.93. The minimum absolute atomic E-state index is 0.0521. The van der Waals surface area contributed by atoms with Gasteiger partial charge in [0.25, 0.3) is 0 Å². The molecule has 1 amide bonds. The smallest absolute Gasteiger partial charge is 0.303 e. The molecule has 0 fully saturated rings. The van der Waals surface area contributed by atoms with E-state index >= 15 is 0 Å². The van der Waals surface area contributed by atoms with Gasteiger partial charge in [-0.2, -0.15) is 0 Å². The topological polar surface area (TPSA) is 131 Å². The van der Waals surface area contributed by atoms with E-state index in [0.717, 1.165) is 0 Å². The zero-order valence-electron chi connectivity index (χ0n) is 14.7. The first kappa shape index (κ1) is 19.7. The van der Waals surface area contributed by atoms with Crippen LogP contribution in [0, 0.1) is 0 Å². The molecule has 0 spiro atoms. The number of benzene rings is 1. The first-order chi connectivity index (χ1) is 12.3. The lowest BCUT2D eigenvalue weighted by molar-refractivity contribution is -0.137. The van der Waals surface area contributed by atoms with Crippen molar-refractivity contribution >= 4 is 17.7 Å². The molecule has 2 rings (SSSR count). The van der Waals surface area contributed by atoms with E-state index in [1.54, 1.807) is 37.1 Å². The average molecular weight is 365 g/mol. The number of carbonyl (C=O) groups is 3. The molecule has 2 unspecified atom stereocenters. The monoisotopic (exact) mass is 365 g/mol. The predicted molar refractivity (Wildman–Crippen MR) is 92.0 cm³/mol. The summed E-state index contributed by atoms with van der Waals surface area (Å²) in [6.45, 7) is 1.97. The van der Waals surface area contributed by atoms with Crippen LogP contribution >= 0.6 is 0 Å². The Balaban J connectivity index is 1.86. The van der Waals surface area contributed by atoms with Crippen LogP contribution in [0.5, 0.6) is 11.5 Å². The number of fused-ring (bicyclic) bond motifs is 1. The van der Waals surface area contributed by atoms with Crippen LogP contribution < -0.4 is 20.5 Å². The van der Waals surface area contributed by atoms with Gasteiger partial charge in [0.1, 0.15) is 0 Å². The number of Topliss-reactive ketones (excluding diaryl/α,β-unsaturated/α-hetero) is 1. The van der Waals surface area contributed by atoms with Crippen molar-refractivity contribution in [3.63, 3.8) is 0 Å². The molecular weight excluding hydrogens is 342 g/mol. The Labute approximate surface area is 151 Å². The van der Waals surface area contributed by atoms with E-state index in [2.05, 4.69) is 5.32 Å². The number of aliphatic carboxylic acids is 1. The van der Waals surface area contributed by atoms with Gasteiger partial charge in [-0.1, -0.05) is 0 Å². The summed E-state index contributed by atoms with van der Waals surface area (Å²) in [6, 6.07) is 3.59. The fourth-order valence-electron chi connectivity index (χ4n) is 2.37. The van der Waals surface area contributed by atoms with Crippen molar-refractivity contribution in [2.45, 2.75) is 31.8 Å². The van der Waals surface area contributed by atoms with Gasteiger partial charge < -0.3 is 25.6 Å². The largest absolute Gasteiger partial charge is 0.481 e. The minimum atomic E-state index is -1.01. The van der Waals surface area contributed by atoms with Crippen LogP contribution in [0.2, 0.25) is 0 Å². The first-order valence-electron chi connectivity index (χ1n) is 8.18. The van der Waals surface area contributed by atoms with Crippen molar-refractivity contribution < 1.29 is 29.0 Å². The van der Waals surface area contributed by atoms with Crippen LogP contribution in [-0.4, -0.2) is 60.3 Å². The van der Waals surface area contributed by atoms with Crippen molar-refractivity contribution in [1.82, 2.24) is 10.2 Å². The maximum atomic E-state index is 12.6. The molecule has 0 saturated carbocycles. The molecule has 26 heavy (non-hydrogen) atoms. The zero-order valence-corrected chi connectivity index (χ0v) is 14.7. The summed E-state index contributed by atoms with van der Waals surface area (Å²) in [5, 5.41) is 11.2. The Morgan fingerprint density at radius 1 is 1.31 bits per heavy atom. The summed E-state index contributed by atoms with van der Waals surface area (Å²) in [6.07, 6.45) is -0.125. The number of carbonyl (C=O) groups excluding carboxylic acids is 2. The Morgan fingerprint density at radius 2 is 2.00 bits per heavy atom. The van der Waals surface area contributed by atoms with Crippen LogP contribution in [0.4, 0.5) is 0 Å². The van der Waals surface area contributed by atoms with E-state index in [1.165, 1.54) is 0 Å². The normalized spacial score (nSPS) is 14.8. The Morgan fingerprint density at radius 3 is 2.69 bits per heavy atom. The van der Waals surface area contributed by atoms with E-state index < -0.39 is 24.0 Å². The van der Waals surface area contributed by atoms with Gasteiger partial charge in [-0.3, -0.25) is 19.3 Å². The number of carboxylic acid groups (broad SMARTS) is 1. The molecule has 1 aromatic rings. The molecule has 142 valence electrons. The Kier molecular flexibility index (Phi) is 6.53. The molecule has 0 saturated heterocycles. The molecule has 0 aliphatic carbocycles. The molecule has 0 bridgehead atoms. The lowest BCUT2D eigenvalue weighted by Crippen LogP contribution is -2.48. The van der Waals surface area contributed by atoms with Gasteiger partial charge in [-0.25, -0.2) is 0 Å². The number of rotatable bonds is 9. The summed E-state index contributed by atoms with van der Waals surface area (Å²) >= 11 is 0. The van der Waals surface area contributed by atoms with Gasteiger partial charge in [0.2, 0.25) is 12.7 Å². The number of likely N-dealkylation sites (N-methyl/N-ethyl adjacent to an activating group) is 1. The van der Waals surface area contributed by atoms with Crippen LogP contribution in [-0.2, 0) is 9.59 Å². The minimum Gasteiger partial charge on any atom is -0.481 e. The molecule has 1 aliphatic rings. The molecule has 2 atom stereocenters. The second-order valence-corrected chi connectivity index (χ2v) is 6.10. The van der Waals surface area contributed by atoms with E-state index in [4.69, 9.17) is 20.3 Å². The van der Waals surface area contributed by atoms with Crippen LogP contribution in [0.3, 0.4) is 0 Å². The second-order valence-electron chi connectivity index (χ2n) is 6.10. The van der Waals surface area contributed by atoms with E-state index in [9.17, 15) is 14.4 Å². The number of nitrogens with zero attached hydrogens (tertiary/aromatic N) is 1. The molecule has 0 aromatic heterocycles. The van der Waals surface area contributed by atoms with Gasteiger partial charge in [0, 0.05) is 12.0 Å². The number of ether oxygens (including phenoxy) is 2. The summed E-state index contributed by atoms with van der Waals surface area (Å²) in [4.78, 5) is 36.7. The highest BCUT2D eigenvalue weighted by atomic mass is 16.7. The first-order valence-corrected chi connectivity index (χ1v) is 8.18. The zero-order chi connectivity index (χ0) is 19.3. The summed E-state index contributed by atoms with van der Waals surface area (Å²) in [7, 11) is 1.69. The number of nitrogens with one attached hydrogen (secondary N) is 1. The van der Waals surface area contributed by atoms with Gasteiger partial charge in [-0.15, -0.1) is 0 Å². The van der Waals surface area contributed by atoms with E-state index in [1.807, 2.05) is 0 Å². The highest BCUT2D eigenvalue weighted by molar-refractivity contribution is 6.00. The van der Waals surface area contributed by atoms with Crippen LogP contribution in [0.25, 0.3) is 0 Å². The molecule has 4 N–H and O–H groups in total. The summed E-state index contributed by atoms with van der Waals surface area (Å²) in [5.74, 6) is -0.460. The summed E-state index contributed by atoms with van der Waals surface area (Å²) in [5.41, 5.74) is 6.13. The standard InChI is InChI=1S/C17H23N3O6/c1-10(16(23)11-3-5-13-14(7-11)26-9-25-13)20(2)8-19-17(24)12(18)4-6-15(21)22/h3,5,7,10,12H,4,6,8-9,18H2,1-2H3,(H,19,24)(H,21,22). The molecule has 1 aliphatic heterocycles. The van der Waals surface area contributed by atoms with Gasteiger partial charge in [0.15, 0.2) is 17.3 Å². The van der Waals surface area contributed by atoms with Crippen molar-refractivity contribution in [1.29, 1.82) is 0 Å². The average Bonchev–Trinajstić information content (AvgIpc) is 3.10. The van der Waals surface area contributed by atoms with Gasteiger partial charge >= 0.3 is 5.97 Å². The fourth-order valence-corrected chi connectivity index (χ4v) is 2.37. The Hall–Kier alpha value is -2.65. The quantitative estimate of drug-likeness (QED) is 0.417. The third-order valence-electron chi connectivity index (χ3n) is 4.21. The van der Waals surface area contributed by atoms with Crippen LogP contribution in [0.1, 0.15) is 30.1 Å². The number of hydrogen-bond acceptors (Lipinski definition) is 7. The molecule has 9 nitrogen and oxygen atoms in total. The van der Waals surface area contributed by atoms with Crippen molar-refractivity contribution in [3.8, 4) is 11.5 Å². The number of carboxylic acids is 1. The third-order valence-corrected chi connectivity index (χ3v) is 4.21. The molecule has 1 heterocycles. The van der Waals surface area contributed by atoms with Gasteiger partial charge in [0.05, 0.1) is 18.8 Å². The highest BCUT2D eigenvalue weighted by Gasteiger charge is 2.23. The van der Waals surface area contributed by atoms with Crippen molar-refractivity contribution in [2.24, 2.45) is 5.73 Å². The predicted octanol–water partition coefficient (Wildman–Crippen LogP) is 0.184. The summed E-state index contributed by atoms with van der Waals surface area (Å²) < 4.78 is 10.5. The number of amides is 1. The molecule has 1 aromatic carbocycles. The van der Waals surface area contributed by atoms with Gasteiger partial charge in [-0.05, 0) is 38.6 Å². The number of nitrogens with two attached hydrogens (primary N) is 1. The number of hydrogen-bond donors (Lipinski definition) is 3. The lowest BCUT2D eigenvalue weighted by Gasteiger charge is -2.24. The van der Waals surface area contributed by atoms with E-state index in [-0.39, 0.29) is 32.1 Å². The molecule has 0 radical (unpaired) electrons. The maximum Gasteiger partial charge on any atom is 0.303 e. The number of ketones is 1. The second kappa shape index (κ2) is 8.63. The Bertz CT molecular complexity index is 693. The highest BCUT2D eigenvalue weighted by Crippen LogP contribution is 2.32. The van der Waals surface area contributed by atoms with E-state index in [0.29, 0.717) is 17.1 Å². The fraction of sp³-hybridized carbons (Fsp3) is 0.471. The molecule has 9 heteroatoms. The van der Waals surface area contributed by atoms with Crippen LogP contribution in [0.15, 0.2) is 18.2 Å². The molecular formula is C17H23N3O6. The van der Waals surface area contributed by atoms with Crippen molar-refractivity contribution in [3.05, 3.63) is 23.8 Å². The lowest BCUT2D eigenvalue weighted by atomic mass is 10.0.